The number of H-pyrrole nitrogens is 1. The minimum absolute atomic E-state index is 0.0199. The Labute approximate surface area is 381 Å². The predicted octanol–water partition coefficient (Wildman–Crippen LogP) is 1.29. The summed E-state index contributed by atoms with van der Waals surface area (Å²) in [5.74, 6) is -2.96. The number of aromatic nitrogens is 6. The van der Waals surface area contributed by atoms with Crippen molar-refractivity contribution < 1.29 is 62.4 Å². The van der Waals surface area contributed by atoms with Gasteiger partial charge in [0.2, 0.25) is 11.9 Å². The molecule has 1 aromatic carbocycles. The molecule has 3 heterocycles. The van der Waals surface area contributed by atoms with Crippen molar-refractivity contribution in [2.45, 2.75) is 84.6 Å². The number of hydrogen-bond acceptors (Lipinski definition) is 20. The van der Waals surface area contributed by atoms with Crippen LogP contribution in [0.15, 0.2) is 45.4 Å². The van der Waals surface area contributed by atoms with Crippen molar-refractivity contribution in [3.05, 3.63) is 52.6 Å². The average Bonchev–Trinajstić information content (AvgIpc) is 3.66. The first kappa shape index (κ1) is 53.3. The molecule has 366 valence electrons. The largest absolute Gasteiger partial charge is 0.480 e. The van der Waals surface area contributed by atoms with Crippen molar-refractivity contribution in [1.29, 1.82) is 0 Å². The number of carboxylic acid groups (broad SMARTS) is 1. The minimum atomic E-state index is -4.98. The summed E-state index contributed by atoms with van der Waals surface area (Å²) in [6.45, 7) is 9.39. The molecule has 0 radical (unpaired) electrons. The Morgan fingerprint density at radius 2 is 1.75 bits per heavy atom. The van der Waals surface area contributed by atoms with E-state index in [0.717, 1.165) is 0 Å². The number of nitrogens with zero attached hydrogens (tertiary/aromatic N) is 7. The highest BCUT2D eigenvalue weighted by atomic mass is 31.2. The zero-order valence-electron chi connectivity index (χ0n) is 37.1. The molecule has 0 aliphatic heterocycles. The lowest BCUT2D eigenvalue weighted by Crippen LogP contribution is -2.52. The normalized spacial score (nSPS) is 14.9. The number of anilines is 3. The highest BCUT2D eigenvalue weighted by Gasteiger charge is 2.41. The number of rotatable bonds is 26. The molecule has 0 aliphatic carbocycles. The second-order valence-electron chi connectivity index (χ2n) is 16.5. The number of aliphatic hydroxyl groups excluding tert-OH is 2. The Morgan fingerprint density at radius 1 is 1.07 bits per heavy atom. The maximum Gasteiger partial charge on any atom is 0.472 e. The molecule has 0 spiro atoms. The number of aliphatic imine (C=N–C) groups is 2. The lowest BCUT2D eigenvalue weighted by atomic mass is 9.69. The fourth-order valence-electron chi connectivity index (χ4n) is 7.01. The van der Waals surface area contributed by atoms with E-state index in [-0.39, 0.29) is 52.8 Å². The number of carbonyl (C=O) groups is 3. The smallest absolute Gasteiger partial charge is 0.472 e. The lowest BCUT2D eigenvalue weighted by Gasteiger charge is -2.38. The van der Waals surface area contributed by atoms with Gasteiger partial charge in [0.1, 0.15) is 18.4 Å². The van der Waals surface area contributed by atoms with E-state index in [9.17, 15) is 53.5 Å². The number of nitrogen functional groups attached to an aromatic ring is 2. The second kappa shape index (κ2) is 22.9. The maximum atomic E-state index is 13.8. The number of aliphatic carboxylic acids is 1. The first-order valence-corrected chi connectivity index (χ1v) is 21.8. The van der Waals surface area contributed by atoms with Gasteiger partial charge in [-0.15, -0.1) is 0 Å². The van der Waals surface area contributed by atoms with Crippen molar-refractivity contribution in [3.63, 3.8) is 0 Å². The van der Waals surface area contributed by atoms with Crippen LogP contribution < -0.4 is 33.0 Å². The number of phosphoric acid groups is 1. The Kier molecular flexibility index (Phi) is 18.2. The Bertz CT molecular complexity index is 2520. The van der Waals surface area contributed by atoms with Gasteiger partial charge < -0.3 is 57.5 Å². The number of aliphatic hydroxyl groups is 3. The minimum Gasteiger partial charge on any atom is -0.480 e. The predicted molar refractivity (Wildman–Crippen MR) is 240 cm³/mol. The van der Waals surface area contributed by atoms with Crippen LogP contribution in [0.2, 0.25) is 0 Å². The number of benzene rings is 1. The van der Waals surface area contributed by atoms with Crippen LogP contribution in [0.25, 0.3) is 11.2 Å². The van der Waals surface area contributed by atoms with E-state index in [1.165, 1.54) is 36.2 Å². The van der Waals surface area contributed by atoms with Gasteiger partial charge in [-0.1, -0.05) is 27.7 Å². The van der Waals surface area contributed by atoms with Crippen LogP contribution in [0.5, 0.6) is 0 Å². The number of amides is 2. The summed E-state index contributed by atoms with van der Waals surface area (Å²) < 4.78 is 43.1. The van der Waals surface area contributed by atoms with Crippen LogP contribution in [0.3, 0.4) is 0 Å². The zero-order chi connectivity index (χ0) is 49.9. The number of carboxylic acids is 1. The van der Waals surface area contributed by atoms with Crippen molar-refractivity contribution in [2.75, 3.05) is 43.1 Å². The van der Waals surface area contributed by atoms with Crippen molar-refractivity contribution >= 4 is 78.7 Å². The average molecular weight is 964 g/mol. The van der Waals surface area contributed by atoms with Gasteiger partial charge in [-0.2, -0.15) is 19.3 Å². The third kappa shape index (κ3) is 15.4. The Hall–Kier alpha value is -6.32. The molecule has 5 unspecified atom stereocenters. The number of fused-ring (bicyclic) bond motifs is 1. The molecule has 5 atom stereocenters. The molecule has 0 saturated carbocycles. The third-order valence-corrected chi connectivity index (χ3v) is 10.8. The SMILES string of the molecule is C=Nc1c(/N=C\CCNc2ccc(C(=O)NC(C(=O)O)C(C)(C)CC(C)(C)CC(=O)NC(CO)COP(=O)(O)OCC(OC(C)n3cnc4c(N)nc(F)nc43)C(O)O)cc2)nc(N)[nH]c1=O. The van der Waals surface area contributed by atoms with Crippen LogP contribution in [0.4, 0.5) is 33.3 Å². The molecule has 0 saturated heterocycles. The van der Waals surface area contributed by atoms with E-state index in [1.54, 1.807) is 39.8 Å². The molecule has 28 heteroatoms. The summed E-state index contributed by atoms with van der Waals surface area (Å²) in [6.07, 6.45) is -3.20. The van der Waals surface area contributed by atoms with Gasteiger partial charge in [0, 0.05) is 36.9 Å². The molecular weight excluding hydrogens is 908 g/mol. The van der Waals surface area contributed by atoms with Crippen LogP contribution in [0.1, 0.15) is 70.5 Å². The summed E-state index contributed by atoms with van der Waals surface area (Å²) in [6, 6.07) is 3.65. The van der Waals surface area contributed by atoms with E-state index < -0.39 is 98.6 Å². The molecule has 2 amide bonds. The summed E-state index contributed by atoms with van der Waals surface area (Å²) in [7, 11) is -4.98. The molecule has 4 rings (SSSR count). The summed E-state index contributed by atoms with van der Waals surface area (Å²) in [4.78, 5) is 86.2. The van der Waals surface area contributed by atoms with Crippen LogP contribution in [0, 0.1) is 16.9 Å². The number of hydrogen-bond donors (Lipinski definition) is 11. The monoisotopic (exact) mass is 963 g/mol. The first-order valence-electron chi connectivity index (χ1n) is 20.3. The van der Waals surface area contributed by atoms with Crippen LogP contribution in [-0.4, -0.2) is 136 Å². The molecule has 4 aromatic rings. The van der Waals surface area contributed by atoms with Crippen LogP contribution in [-0.2, 0) is 27.9 Å². The number of imidazole rings is 1. The number of carbonyl (C=O) groups excluding carboxylic acids is 2. The van der Waals surface area contributed by atoms with Crippen molar-refractivity contribution in [2.24, 2.45) is 20.8 Å². The molecule has 67 heavy (non-hydrogen) atoms. The van der Waals surface area contributed by atoms with E-state index in [1.807, 2.05) is 0 Å². The molecule has 26 nitrogen and oxygen atoms in total. The van der Waals surface area contributed by atoms with Gasteiger partial charge in [-0.25, -0.2) is 19.3 Å². The number of nitrogens with one attached hydrogen (secondary N) is 4. The molecule has 0 bridgehead atoms. The number of nitrogens with two attached hydrogens (primary N) is 2. The molecule has 3 aromatic heterocycles. The topological polar surface area (TPSA) is 399 Å². The number of halogens is 1. The first-order chi connectivity index (χ1) is 31.3. The van der Waals surface area contributed by atoms with Crippen LogP contribution >= 0.6 is 7.82 Å². The van der Waals surface area contributed by atoms with Gasteiger partial charge >= 0.3 is 19.9 Å². The van der Waals surface area contributed by atoms with Gasteiger partial charge in [0.05, 0.1) is 32.2 Å². The van der Waals surface area contributed by atoms with Crippen molar-refractivity contribution in [3.8, 4) is 0 Å². The fourth-order valence-corrected chi connectivity index (χ4v) is 7.79. The molecule has 0 fully saturated rings. The standard InChI is InChI=1S/C39H55FN13O13P/c1-20(53-19-46-26-29(41)49-36(40)51-31(26)53)66-24(34(58)59)17-65-67(62,63)64-16-23(15-54)47-25(55)14-38(2,3)18-39(4,5)28(35(60)61)48-32(56)21-8-10-22(11-9-21)44-12-7-13-45-30-27(43-6)33(57)52-37(42)50-30/h8-11,13,19-20,23-24,28,34,44,54,58-59H,6-7,12,14-18H2,1-5H3,(H,47,55)(H,48,56)(H,60,61)(H,62,63)(H2,41,49,51)(H3,42,50,52,57)/b45-13-. The molecular formula is C39H55FN13O13P. The van der Waals surface area contributed by atoms with Gasteiger partial charge in [0.15, 0.2) is 34.8 Å². The highest BCUT2D eigenvalue weighted by Crippen LogP contribution is 2.44. The fraction of sp³-hybridized carbons (Fsp3) is 0.487. The van der Waals surface area contributed by atoms with E-state index in [4.69, 9.17) is 25.3 Å². The number of ether oxygens (including phenoxy) is 1. The van der Waals surface area contributed by atoms with E-state index in [2.05, 4.69) is 57.6 Å². The van der Waals surface area contributed by atoms with E-state index in [0.29, 0.717) is 18.7 Å². The zero-order valence-corrected chi connectivity index (χ0v) is 38.0. The summed E-state index contributed by atoms with van der Waals surface area (Å²) >= 11 is 0. The molecule has 0 aliphatic rings. The van der Waals surface area contributed by atoms with Crippen molar-refractivity contribution in [1.82, 2.24) is 40.1 Å². The quantitative estimate of drug-likeness (QED) is 0.0139. The number of phosphoric ester groups is 1. The Morgan fingerprint density at radius 3 is 2.37 bits per heavy atom. The van der Waals surface area contributed by atoms with Gasteiger partial charge in [-0.3, -0.25) is 38.0 Å². The highest BCUT2D eigenvalue weighted by molar-refractivity contribution is 7.47. The third-order valence-electron chi connectivity index (χ3n) is 9.84. The lowest BCUT2D eigenvalue weighted by molar-refractivity contribution is -0.185. The Balaban J connectivity index is 1.25. The number of aromatic amines is 1. The van der Waals surface area contributed by atoms with Gasteiger partial charge in [-0.05, 0) is 55.2 Å². The van der Waals surface area contributed by atoms with E-state index >= 15 is 0 Å². The molecule has 13 N–H and O–H groups in total. The maximum absolute atomic E-state index is 13.8. The summed E-state index contributed by atoms with van der Waals surface area (Å²) in [5.41, 5.74) is 9.36. The second-order valence-corrected chi connectivity index (χ2v) is 18.0. The summed E-state index contributed by atoms with van der Waals surface area (Å²) in [5, 5.41) is 48.1. The van der Waals surface area contributed by atoms with Gasteiger partial charge in [0.25, 0.3) is 11.5 Å².